The van der Waals surface area contributed by atoms with Crippen molar-refractivity contribution in [3.8, 4) is 17.2 Å². The summed E-state index contributed by atoms with van der Waals surface area (Å²) in [4.78, 5) is 28.6. The maximum Gasteiger partial charge on any atom is 0.222 e. The molecule has 11 heteroatoms. The van der Waals surface area contributed by atoms with Crippen LogP contribution < -0.4 is 20.0 Å². The zero-order chi connectivity index (χ0) is 29.1. The van der Waals surface area contributed by atoms with Crippen molar-refractivity contribution in [3.05, 3.63) is 94.5 Å². The summed E-state index contributed by atoms with van der Waals surface area (Å²) in [5.41, 5.74) is 3.25. The topological polar surface area (TPSA) is 111 Å². The van der Waals surface area contributed by atoms with Gasteiger partial charge in [0, 0.05) is 16.1 Å². The van der Waals surface area contributed by atoms with E-state index in [1.165, 1.54) is 0 Å². The average Bonchev–Trinajstić information content (AvgIpc) is 3.28. The molecule has 0 saturated heterocycles. The smallest absolute Gasteiger partial charge is 0.222 e. The Bertz CT molecular complexity index is 1600. The minimum atomic E-state index is -2.44. The molecule has 1 aromatic heterocycles. The van der Waals surface area contributed by atoms with E-state index < -0.39 is 14.4 Å². The molecule has 5 rings (SSSR count). The number of hydrogen-bond acceptors (Lipinski definition) is 7. The average molecular weight is 590 g/mol. The quantitative estimate of drug-likeness (QED) is 0.224. The second kappa shape index (κ2) is 11.9. The Hall–Kier alpha value is -3.99. The first-order valence-electron chi connectivity index (χ1n) is 13.3. The van der Waals surface area contributed by atoms with E-state index in [1.54, 1.807) is 7.11 Å². The first-order valence-corrected chi connectivity index (χ1v) is 16.6. The first kappa shape index (κ1) is 28.5. The number of nitrogens with one attached hydrogen (secondary N) is 1. The van der Waals surface area contributed by atoms with Crippen LogP contribution in [0.1, 0.15) is 35.2 Å². The molecular weight excluding hydrogens is 558 g/mol. The lowest BCUT2D eigenvalue weighted by molar-refractivity contribution is -0.121. The van der Waals surface area contributed by atoms with E-state index in [9.17, 15) is 9.59 Å². The fraction of sp³-hybridized carbons (Fsp3) is 0.267. The molecule has 2 N–H and O–H groups in total. The summed E-state index contributed by atoms with van der Waals surface area (Å²) >= 11 is 6.18. The molecule has 0 unspecified atom stereocenters. The second-order valence-corrected chi connectivity index (χ2v) is 14.4. The fourth-order valence-corrected chi connectivity index (χ4v) is 5.88. The number of carbonyl (C=O) groups excluding carboxylic acids is 1. The first-order chi connectivity index (χ1) is 19.6. The van der Waals surface area contributed by atoms with E-state index in [0.29, 0.717) is 40.4 Å². The van der Waals surface area contributed by atoms with Gasteiger partial charge in [0.25, 0.3) is 0 Å². The van der Waals surface area contributed by atoms with Gasteiger partial charge >= 0.3 is 0 Å². The van der Waals surface area contributed by atoms with Crippen molar-refractivity contribution >= 4 is 36.7 Å². The van der Waals surface area contributed by atoms with Crippen LogP contribution in [0.15, 0.2) is 71.7 Å². The fourth-order valence-electron chi connectivity index (χ4n) is 4.75. The number of halogens is 1. The van der Waals surface area contributed by atoms with Crippen LogP contribution in [0.5, 0.6) is 11.5 Å². The normalized spacial score (nSPS) is 14.4. The van der Waals surface area contributed by atoms with Gasteiger partial charge in [-0.1, -0.05) is 35.9 Å². The highest BCUT2D eigenvalue weighted by Gasteiger charge is 2.30. The zero-order valence-electron chi connectivity index (χ0n) is 23.4. The summed E-state index contributed by atoms with van der Waals surface area (Å²) in [5.74, 6) is 2.42. The highest BCUT2D eigenvalue weighted by atomic mass is 35.5. The second-order valence-electron chi connectivity index (χ2n) is 10.3. The van der Waals surface area contributed by atoms with Crippen LogP contribution in [0.2, 0.25) is 18.1 Å². The van der Waals surface area contributed by atoms with E-state index in [0.717, 1.165) is 22.0 Å². The van der Waals surface area contributed by atoms with Crippen molar-refractivity contribution in [2.24, 2.45) is 4.99 Å². The number of ether oxygens (including phenoxy) is 2. The summed E-state index contributed by atoms with van der Waals surface area (Å²) in [7, 11) is -0.817. The van der Waals surface area contributed by atoms with Gasteiger partial charge in [0.15, 0.2) is 5.82 Å². The molecule has 4 aromatic rings. The predicted octanol–water partition coefficient (Wildman–Crippen LogP) is 4.12. The van der Waals surface area contributed by atoms with E-state index in [4.69, 9.17) is 26.1 Å². The third-order valence-corrected chi connectivity index (χ3v) is 8.84. The molecule has 0 spiro atoms. The molecule has 0 saturated carbocycles. The van der Waals surface area contributed by atoms with Crippen molar-refractivity contribution in [2.75, 3.05) is 20.3 Å². The van der Waals surface area contributed by atoms with E-state index >= 15 is 0 Å². The van der Waals surface area contributed by atoms with Crippen LogP contribution in [0, 0.1) is 6.92 Å². The molecule has 0 fully saturated rings. The maximum atomic E-state index is 13.1. The number of rotatable bonds is 9. The van der Waals surface area contributed by atoms with E-state index in [2.05, 4.69) is 15.5 Å². The molecule has 1 aliphatic heterocycles. The summed E-state index contributed by atoms with van der Waals surface area (Å²) in [6.45, 7) is 6.19. The predicted molar refractivity (Wildman–Crippen MR) is 161 cm³/mol. The number of aliphatic imine (C=N–C) groups is 1. The third-order valence-electron chi connectivity index (χ3n) is 6.86. The van der Waals surface area contributed by atoms with Crippen LogP contribution in [-0.2, 0) is 4.79 Å². The summed E-state index contributed by atoms with van der Waals surface area (Å²) in [6.07, 6.45) is 0.0696. The van der Waals surface area contributed by atoms with E-state index in [-0.39, 0.29) is 18.9 Å². The molecule has 212 valence electrons. The van der Waals surface area contributed by atoms with Crippen molar-refractivity contribution in [1.29, 1.82) is 0 Å². The highest BCUT2D eigenvalue weighted by molar-refractivity contribution is 6.83. The van der Waals surface area contributed by atoms with Gasteiger partial charge in [-0.3, -0.25) is 14.4 Å². The summed E-state index contributed by atoms with van der Waals surface area (Å²) in [6, 6.07) is 20.1. The van der Waals surface area contributed by atoms with Crippen molar-refractivity contribution in [1.82, 2.24) is 20.1 Å². The Balaban J connectivity index is 1.38. The summed E-state index contributed by atoms with van der Waals surface area (Å²) in [5, 5.41) is 13.2. The molecule has 0 bridgehead atoms. The number of amides is 1. The molecule has 1 amide bonds. The largest absolute Gasteiger partial charge is 0.497 e. The zero-order valence-corrected chi connectivity index (χ0v) is 25.1. The van der Waals surface area contributed by atoms with Crippen LogP contribution in [0.3, 0.4) is 0 Å². The number of carbonyl (C=O) groups is 1. The molecule has 3 aromatic carbocycles. The standard InChI is InChI=1S/C30H32ClN5O4Si/c1-19-34-35-30-26(18-28(37)32-14-15-40-23-6-5-7-24(16-23)41(3,4)38)33-29(20-8-10-21(31)11-9-20)25-17-22(39-2)12-13-27(25)36(19)30/h5-13,16-17,26,38H,14-15,18H2,1-4H3,(H,32,37)/t26-/m0/s1. The lowest BCUT2D eigenvalue weighted by Gasteiger charge is -2.16. The van der Waals surface area contributed by atoms with Gasteiger partial charge in [0.2, 0.25) is 14.2 Å². The summed E-state index contributed by atoms with van der Waals surface area (Å²) < 4.78 is 13.3. The van der Waals surface area contributed by atoms with Crippen LogP contribution in [-0.4, -0.2) is 59.8 Å². The number of hydrogen-bond donors (Lipinski definition) is 2. The number of nitrogens with zero attached hydrogens (tertiary/aromatic N) is 4. The van der Waals surface area contributed by atoms with Crippen LogP contribution in [0.4, 0.5) is 0 Å². The lowest BCUT2D eigenvalue weighted by Crippen LogP contribution is -2.41. The monoisotopic (exact) mass is 589 g/mol. The maximum absolute atomic E-state index is 13.1. The van der Waals surface area contributed by atoms with Gasteiger partial charge in [0.05, 0.1) is 31.5 Å². The SMILES string of the molecule is COc1ccc2c(c1)C(c1ccc(Cl)cc1)=N[C@@H](CC(=O)NCCOc1cccc([Si](C)(C)O)c1)c1nnc(C)n1-2. The number of benzene rings is 3. The Labute approximate surface area is 245 Å². The third kappa shape index (κ3) is 6.35. The molecule has 2 heterocycles. The lowest BCUT2D eigenvalue weighted by atomic mass is 10.00. The Morgan fingerprint density at radius 2 is 1.85 bits per heavy atom. The minimum absolute atomic E-state index is 0.0696. The van der Waals surface area contributed by atoms with Gasteiger partial charge in [-0.05, 0) is 67.7 Å². The molecule has 9 nitrogen and oxygen atoms in total. The number of methoxy groups -OCH3 is 1. The van der Waals surface area contributed by atoms with Crippen molar-refractivity contribution in [2.45, 2.75) is 32.5 Å². The minimum Gasteiger partial charge on any atom is -0.497 e. The number of aromatic nitrogens is 3. The number of fused-ring (bicyclic) bond motifs is 3. The van der Waals surface area contributed by atoms with Crippen LogP contribution in [0.25, 0.3) is 5.69 Å². The number of aryl methyl sites for hydroxylation is 1. The van der Waals surface area contributed by atoms with Gasteiger partial charge in [-0.25, -0.2) is 0 Å². The molecule has 41 heavy (non-hydrogen) atoms. The molecule has 0 radical (unpaired) electrons. The highest BCUT2D eigenvalue weighted by Crippen LogP contribution is 2.34. The Morgan fingerprint density at radius 3 is 2.59 bits per heavy atom. The van der Waals surface area contributed by atoms with Gasteiger partial charge in [-0.2, -0.15) is 0 Å². The van der Waals surface area contributed by atoms with Gasteiger partial charge in [0.1, 0.15) is 30.0 Å². The van der Waals surface area contributed by atoms with Crippen molar-refractivity contribution < 1.29 is 19.1 Å². The van der Waals surface area contributed by atoms with Gasteiger partial charge < -0.3 is 19.6 Å². The molecular formula is C30H32ClN5O4Si. The molecule has 0 aliphatic carbocycles. The molecule has 1 aliphatic rings. The van der Waals surface area contributed by atoms with Gasteiger partial charge in [-0.15, -0.1) is 10.2 Å². The van der Waals surface area contributed by atoms with E-state index in [1.807, 2.05) is 91.3 Å². The van der Waals surface area contributed by atoms with Crippen LogP contribution >= 0.6 is 11.6 Å². The Kier molecular flexibility index (Phi) is 8.25. The van der Waals surface area contributed by atoms with Crippen molar-refractivity contribution in [3.63, 3.8) is 0 Å². The Morgan fingerprint density at radius 1 is 1.07 bits per heavy atom. The molecule has 1 atom stereocenters.